The van der Waals surface area contributed by atoms with E-state index in [9.17, 15) is 8.42 Å². The Morgan fingerprint density at radius 2 is 1.68 bits per heavy atom. The monoisotopic (exact) mass is 288 g/mol. The van der Waals surface area contributed by atoms with Gasteiger partial charge in [0, 0.05) is 6.04 Å². The third-order valence-electron chi connectivity index (χ3n) is 4.60. The van der Waals surface area contributed by atoms with Crippen LogP contribution in [0.3, 0.4) is 0 Å². The normalized spacial score (nSPS) is 26.4. The minimum absolute atomic E-state index is 0.166. The van der Waals surface area contributed by atoms with Crippen LogP contribution in [0.25, 0.3) is 0 Å². The number of hydrogen-bond acceptors (Lipinski definition) is 3. The van der Waals surface area contributed by atoms with Crippen molar-refractivity contribution in [2.45, 2.75) is 58.4 Å². The van der Waals surface area contributed by atoms with Gasteiger partial charge in [0.1, 0.15) is 0 Å². The predicted molar refractivity (Wildman–Crippen MR) is 78.6 cm³/mol. The van der Waals surface area contributed by atoms with Gasteiger partial charge < -0.3 is 5.32 Å². The number of rotatable bonds is 4. The molecule has 1 saturated heterocycles. The van der Waals surface area contributed by atoms with Crippen molar-refractivity contribution >= 4 is 10.0 Å². The topological polar surface area (TPSA) is 58.2 Å². The standard InChI is InChI=1S/C14H28N2O2S/c1-14(2)7-3-13(4-8-14)16-19(17,18)11-12-5-9-15-10-6-12/h12-13,15-16H,3-11H2,1-2H3. The Bertz CT molecular complexity index is 376. The first-order valence-corrected chi connectivity index (χ1v) is 9.22. The van der Waals surface area contributed by atoms with E-state index in [2.05, 4.69) is 23.9 Å². The summed E-state index contributed by atoms with van der Waals surface area (Å²) >= 11 is 0. The van der Waals surface area contributed by atoms with E-state index >= 15 is 0 Å². The molecule has 0 unspecified atom stereocenters. The van der Waals surface area contributed by atoms with E-state index in [4.69, 9.17) is 0 Å². The maximum Gasteiger partial charge on any atom is 0.212 e. The summed E-state index contributed by atoms with van der Waals surface area (Å²) in [5.74, 6) is 0.646. The highest BCUT2D eigenvalue weighted by molar-refractivity contribution is 7.89. The zero-order valence-corrected chi connectivity index (χ0v) is 13.1. The molecule has 0 aromatic carbocycles. The molecule has 4 nitrogen and oxygen atoms in total. The van der Waals surface area contributed by atoms with Crippen LogP contribution in [0.5, 0.6) is 0 Å². The van der Waals surface area contributed by atoms with Gasteiger partial charge in [-0.05, 0) is 62.9 Å². The fourth-order valence-electron chi connectivity index (χ4n) is 3.18. The smallest absolute Gasteiger partial charge is 0.212 e. The average Bonchev–Trinajstić information content (AvgIpc) is 2.32. The van der Waals surface area contributed by atoms with E-state index in [-0.39, 0.29) is 6.04 Å². The summed E-state index contributed by atoms with van der Waals surface area (Å²) in [4.78, 5) is 0. The molecule has 2 rings (SSSR count). The first-order chi connectivity index (χ1) is 8.86. The second-order valence-electron chi connectivity index (χ2n) is 7.03. The summed E-state index contributed by atoms with van der Waals surface area (Å²) in [7, 11) is -3.10. The van der Waals surface area contributed by atoms with Crippen molar-refractivity contribution in [1.82, 2.24) is 10.0 Å². The maximum atomic E-state index is 12.2. The lowest BCUT2D eigenvalue weighted by Gasteiger charge is -2.34. The molecule has 1 saturated carbocycles. The molecule has 1 aliphatic heterocycles. The van der Waals surface area contributed by atoms with Gasteiger partial charge in [-0.2, -0.15) is 0 Å². The number of piperidine rings is 1. The molecule has 0 amide bonds. The molecule has 5 heteroatoms. The Balaban J connectivity index is 1.80. The van der Waals surface area contributed by atoms with Gasteiger partial charge in [-0.15, -0.1) is 0 Å². The fourth-order valence-corrected chi connectivity index (χ4v) is 4.97. The number of sulfonamides is 1. The van der Waals surface area contributed by atoms with Gasteiger partial charge >= 0.3 is 0 Å². The molecular weight excluding hydrogens is 260 g/mol. The maximum absolute atomic E-state index is 12.2. The molecule has 0 atom stereocenters. The minimum atomic E-state index is -3.10. The van der Waals surface area contributed by atoms with E-state index in [1.807, 2.05) is 0 Å². The van der Waals surface area contributed by atoms with Crippen LogP contribution >= 0.6 is 0 Å². The summed E-state index contributed by atoms with van der Waals surface area (Å²) < 4.78 is 27.3. The Hall–Kier alpha value is -0.130. The highest BCUT2D eigenvalue weighted by Gasteiger charge is 2.30. The van der Waals surface area contributed by atoms with Crippen LogP contribution in [0.2, 0.25) is 0 Å². The third kappa shape index (κ3) is 5.04. The molecule has 0 radical (unpaired) electrons. The van der Waals surface area contributed by atoms with Crippen LogP contribution in [0.15, 0.2) is 0 Å². The van der Waals surface area contributed by atoms with Gasteiger partial charge in [0.05, 0.1) is 5.75 Å². The summed E-state index contributed by atoms with van der Waals surface area (Å²) in [5.41, 5.74) is 0.386. The lowest BCUT2D eigenvalue weighted by atomic mass is 9.76. The van der Waals surface area contributed by atoms with Crippen LogP contribution in [-0.2, 0) is 10.0 Å². The highest BCUT2D eigenvalue weighted by atomic mass is 32.2. The molecule has 19 heavy (non-hydrogen) atoms. The molecule has 2 N–H and O–H groups in total. The van der Waals surface area contributed by atoms with Crippen LogP contribution in [0, 0.1) is 11.3 Å². The van der Waals surface area contributed by atoms with Crippen molar-refractivity contribution in [2.75, 3.05) is 18.8 Å². The highest BCUT2D eigenvalue weighted by Crippen LogP contribution is 2.35. The third-order valence-corrected chi connectivity index (χ3v) is 6.20. The van der Waals surface area contributed by atoms with Crippen molar-refractivity contribution in [3.8, 4) is 0 Å². The van der Waals surface area contributed by atoms with Crippen molar-refractivity contribution in [3.05, 3.63) is 0 Å². The Morgan fingerprint density at radius 3 is 2.26 bits per heavy atom. The second kappa shape index (κ2) is 6.10. The quantitative estimate of drug-likeness (QED) is 0.830. The summed E-state index contributed by atoms with van der Waals surface area (Å²) in [6, 6.07) is 0.166. The molecular formula is C14H28N2O2S. The van der Waals surface area contributed by atoms with E-state index in [1.165, 1.54) is 0 Å². The predicted octanol–water partition coefficient (Wildman–Crippen LogP) is 1.87. The van der Waals surface area contributed by atoms with Gasteiger partial charge in [-0.25, -0.2) is 13.1 Å². The van der Waals surface area contributed by atoms with E-state index in [0.717, 1.165) is 51.6 Å². The first kappa shape index (κ1) is 15.3. The van der Waals surface area contributed by atoms with Gasteiger partial charge in [-0.1, -0.05) is 13.8 Å². The lowest BCUT2D eigenvalue weighted by molar-refractivity contribution is 0.218. The Morgan fingerprint density at radius 1 is 1.11 bits per heavy atom. The van der Waals surface area contributed by atoms with Gasteiger partial charge in [-0.3, -0.25) is 0 Å². The van der Waals surface area contributed by atoms with E-state index in [0.29, 0.717) is 17.1 Å². The van der Waals surface area contributed by atoms with Crippen molar-refractivity contribution in [3.63, 3.8) is 0 Å². The Kier molecular flexibility index (Phi) is 4.90. The number of nitrogens with one attached hydrogen (secondary N) is 2. The summed E-state index contributed by atoms with van der Waals surface area (Å²) in [5, 5.41) is 3.28. The summed E-state index contributed by atoms with van der Waals surface area (Å²) in [6.07, 6.45) is 6.18. The Labute approximate surface area is 117 Å². The molecule has 112 valence electrons. The molecule has 0 aromatic heterocycles. The van der Waals surface area contributed by atoms with Crippen LogP contribution in [0.1, 0.15) is 52.4 Å². The second-order valence-corrected chi connectivity index (χ2v) is 8.83. The molecule has 0 spiro atoms. The average molecular weight is 288 g/mol. The zero-order chi connectivity index (χ0) is 13.9. The van der Waals surface area contributed by atoms with Crippen LogP contribution in [-0.4, -0.2) is 33.3 Å². The van der Waals surface area contributed by atoms with Crippen molar-refractivity contribution in [1.29, 1.82) is 0 Å². The molecule has 1 heterocycles. The SMILES string of the molecule is CC1(C)CCC(NS(=O)(=O)CC2CCNCC2)CC1. The van der Waals surface area contributed by atoms with Gasteiger partial charge in [0.25, 0.3) is 0 Å². The largest absolute Gasteiger partial charge is 0.317 e. The number of hydrogen-bond donors (Lipinski definition) is 2. The molecule has 2 aliphatic rings. The van der Waals surface area contributed by atoms with Crippen LogP contribution < -0.4 is 10.0 Å². The minimum Gasteiger partial charge on any atom is -0.317 e. The van der Waals surface area contributed by atoms with E-state index in [1.54, 1.807) is 0 Å². The van der Waals surface area contributed by atoms with Crippen molar-refractivity contribution < 1.29 is 8.42 Å². The zero-order valence-electron chi connectivity index (χ0n) is 12.2. The molecule has 1 aliphatic carbocycles. The lowest BCUT2D eigenvalue weighted by Crippen LogP contribution is -2.42. The van der Waals surface area contributed by atoms with E-state index < -0.39 is 10.0 Å². The summed E-state index contributed by atoms with van der Waals surface area (Å²) in [6.45, 7) is 6.45. The molecule has 2 fully saturated rings. The molecule has 0 aromatic rings. The fraction of sp³-hybridized carbons (Fsp3) is 1.00. The van der Waals surface area contributed by atoms with Crippen molar-refractivity contribution in [2.24, 2.45) is 11.3 Å². The van der Waals surface area contributed by atoms with Gasteiger partial charge in [0.2, 0.25) is 10.0 Å². The molecule has 0 bridgehead atoms. The van der Waals surface area contributed by atoms with Crippen LogP contribution in [0.4, 0.5) is 0 Å². The van der Waals surface area contributed by atoms with Gasteiger partial charge in [0.15, 0.2) is 0 Å². The first-order valence-electron chi connectivity index (χ1n) is 7.57.